The molecule has 1 unspecified atom stereocenters. The largest absolute Gasteiger partial charge is 0.497 e. The Kier molecular flexibility index (Phi) is 4.70. The van der Waals surface area contributed by atoms with Crippen LogP contribution in [0.4, 0.5) is 0 Å². The number of nitrogens with one attached hydrogen (secondary N) is 1. The molecule has 1 aliphatic rings. The van der Waals surface area contributed by atoms with Gasteiger partial charge in [0.2, 0.25) is 0 Å². The first-order valence-electron chi connectivity index (χ1n) is 7.63. The molecule has 2 heterocycles. The van der Waals surface area contributed by atoms with Crippen molar-refractivity contribution in [1.29, 1.82) is 0 Å². The second-order valence-corrected chi connectivity index (χ2v) is 6.78. The number of thioether (sulfide) groups is 1. The van der Waals surface area contributed by atoms with Crippen LogP contribution in [0.1, 0.15) is 25.7 Å². The Morgan fingerprint density at radius 3 is 3.14 bits per heavy atom. The van der Waals surface area contributed by atoms with E-state index >= 15 is 0 Å². The van der Waals surface area contributed by atoms with E-state index in [9.17, 15) is 0 Å². The van der Waals surface area contributed by atoms with E-state index in [-0.39, 0.29) is 0 Å². The highest BCUT2D eigenvalue weighted by Crippen LogP contribution is 2.25. The van der Waals surface area contributed by atoms with Crippen molar-refractivity contribution < 1.29 is 4.74 Å². The maximum Gasteiger partial charge on any atom is 0.166 e. The second-order valence-electron chi connectivity index (χ2n) is 5.69. The van der Waals surface area contributed by atoms with Crippen LogP contribution in [0.5, 0.6) is 5.75 Å². The SMILES string of the molecule is COc1ccc2nc(SCCC3CCCCN3C)[nH]c2c1. The van der Waals surface area contributed by atoms with Crippen LogP contribution < -0.4 is 4.74 Å². The summed E-state index contributed by atoms with van der Waals surface area (Å²) in [5.41, 5.74) is 2.06. The van der Waals surface area contributed by atoms with Gasteiger partial charge in [-0.3, -0.25) is 0 Å². The van der Waals surface area contributed by atoms with Gasteiger partial charge in [0.15, 0.2) is 5.16 Å². The van der Waals surface area contributed by atoms with E-state index in [1.807, 2.05) is 30.0 Å². The first kappa shape index (κ1) is 14.7. The van der Waals surface area contributed by atoms with E-state index in [1.165, 1.54) is 32.2 Å². The van der Waals surface area contributed by atoms with E-state index in [2.05, 4.69) is 21.9 Å². The molecular formula is C16H23N3OS. The number of ether oxygens (including phenoxy) is 1. The van der Waals surface area contributed by atoms with Crippen LogP contribution in [-0.2, 0) is 0 Å². The van der Waals surface area contributed by atoms with Gasteiger partial charge in [0.1, 0.15) is 5.75 Å². The number of piperidine rings is 1. The summed E-state index contributed by atoms with van der Waals surface area (Å²) in [4.78, 5) is 10.5. The number of benzene rings is 1. The fourth-order valence-corrected chi connectivity index (χ4v) is 3.89. The Hall–Kier alpha value is -1.20. The molecule has 1 atom stereocenters. The highest BCUT2D eigenvalue weighted by atomic mass is 32.2. The molecule has 4 nitrogen and oxygen atoms in total. The molecule has 5 heteroatoms. The molecule has 0 bridgehead atoms. The zero-order valence-electron chi connectivity index (χ0n) is 12.8. The summed E-state index contributed by atoms with van der Waals surface area (Å²) in [6, 6.07) is 6.70. The molecule has 3 rings (SSSR count). The maximum atomic E-state index is 5.24. The standard InChI is InChI=1S/C16H23N3OS/c1-19-9-4-3-5-12(19)8-10-21-16-17-14-7-6-13(20-2)11-15(14)18-16/h6-7,11-12H,3-5,8-10H2,1-2H3,(H,17,18). The minimum absolute atomic E-state index is 0.746. The van der Waals surface area contributed by atoms with E-state index in [4.69, 9.17) is 4.74 Å². The fourth-order valence-electron chi connectivity index (χ4n) is 2.96. The molecule has 1 N–H and O–H groups in total. The number of aromatic nitrogens is 2. The monoisotopic (exact) mass is 305 g/mol. The van der Waals surface area contributed by atoms with Crippen molar-refractivity contribution in [3.8, 4) is 5.75 Å². The van der Waals surface area contributed by atoms with E-state index < -0.39 is 0 Å². The van der Waals surface area contributed by atoms with Gasteiger partial charge in [-0.25, -0.2) is 4.98 Å². The maximum absolute atomic E-state index is 5.24. The summed E-state index contributed by atoms with van der Waals surface area (Å²) in [7, 11) is 3.94. The van der Waals surface area contributed by atoms with Crippen LogP contribution in [0, 0.1) is 0 Å². The van der Waals surface area contributed by atoms with Crippen molar-refractivity contribution in [2.24, 2.45) is 0 Å². The Morgan fingerprint density at radius 1 is 1.43 bits per heavy atom. The van der Waals surface area contributed by atoms with Crippen LogP contribution in [-0.4, -0.2) is 47.4 Å². The summed E-state index contributed by atoms with van der Waals surface area (Å²) in [6.07, 6.45) is 5.31. The second kappa shape index (κ2) is 6.71. The summed E-state index contributed by atoms with van der Waals surface area (Å²) in [5, 5.41) is 1.01. The predicted molar refractivity (Wildman–Crippen MR) is 88.3 cm³/mol. The van der Waals surface area contributed by atoms with Gasteiger partial charge in [-0.05, 0) is 45.0 Å². The first-order chi connectivity index (χ1) is 10.3. The smallest absolute Gasteiger partial charge is 0.166 e. The summed E-state index contributed by atoms with van der Waals surface area (Å²) in [6.45, 7) is 1.25. The van der Waals surface area contributed by atoms with Crippen LogP contribution >= 0.6 is 11.8 Å². The van der Waals surface area contributed by atoms with Gasteiger partial charge in [-0.15, -0.1) is 0 Å². The highest BCUT2D eigenvalue weighted by molar-refractivity contribution is 7.99. The van der Waals surface area contributed by atoms with Crippen molar-refractivity contribution in [1.82, 2.24) is 14.9 Å². The number of hydrogen-bond donors (Lipinski definition) is 1. The number of H-pyrrole nitrogens is 1. The van der Waals surface area contributed by atoms with Crippen LogP contribution in [0.3, 0.4) is 0 Å². The lowest BCUT2D eigenvalue weighted by atomic mass is 10.0. The van der Waals surface area contributed by atoms with Gasteiger partial charge >= 0.3 is 0 Å². The molecule has 1 aromatic heterocycles. The number of imidazole rings is 1. The summed E-state index contributed by atoms with van der Waals surface area (Å²) in [5.74, 6) is 1.98. The van der Waals surface area contributed by atoms with E-state index in [1.54, 1.807) is 7.11 Å². The van der Waals surface area contributed by atoms with Crippen molar-refractivity contribution in [3.05, 3.63) is 18.2 Å². The zero-order valence-corrected chi connectivity index (χ0v) is 13.6. The quantitative estimate of drug-likeness (QED) is 0.858. The molecule has 0 aliphatic carbocycles. The minimum Gasteiger partial charge on any atom is -0.497 e. The van der Waals surface area contributed by atoms with Gasteiger partial charge < -0.3 is 14.6 Å². The van der Waals surface area contributed by atoms with Crippen molar-refractivity contribution in [3.63, 3.8) is 0 Å². The molecule has 2 aromatic rings. The highest BCUT2D eigenvalue weighted by Gasteiger charge is 2.18. The number of aromatic amines is 1. The van der Waals surface area contributed by atoms with E-state index in [0.29, 0.717) is 0 Å². The van der Waals surface area contributed by atoms with Gasteiger partial charge in [-0.1, -0.05) is 18.2 Å². The molecule has 1 saturated heterocycles. The molecular weight excluding hydrogens is 282 g/mol. The molecule has 0 amide bonds. The third kappa shape index (κ3) is 3.52. The molecule has 1 fully saturated rings. The number of hydrogen-bond acceptors (Lipinski definition) is 4. The number of methoxy groups -OCH3 is 1. The van der Waals surface area contributed by atoms with Crippen LogP contribution in [0.25, 0.3) is 11.0 Å². The molecule has 1 aromatic carbocycles. The third-order valence-corrected chi connectivity index (χ3v) is 5.19. The number of nitrogens with zero attached hydrogens (tertiary/aromatic N) is 2. The van der Waals surface area contributed by atoms with Crippen molar-refractivity contribution in [2.75, 3.05) is 26.5 Å². The molecule has 21 heavy (non-hydrogen) atoms. The predicted octanol–water partition coefficient (Wildman–Crippen LogP) is 3.54. The first-order valence-corrected chi connectivity index (χ1v) is 8.61. The van der Waals surface area contributed by atoms with Gasteiger partial charge in [-0.2, -0.15) is 0 Å². The molecule has 0 radical (unpaired) electrons. The van der Waals surface area contributed by atoms with Crippen LogP contribution in [0.2, 0.25) is 0 Å². The molecule has 1 aliphatic heterocycles. The zero-order chi connectivity index (χ0) is 14.7. The van der Waals surface area contributed by atoms with Crippen LogP contribution in [0.15, 0.2) is 23.4 Å². The van der Waals surface area contributed by atoms with Gasteiger partial charge in [0, 0.05) is 17.9 Å². The van der Waals surface area contributed by atoms with Gasteiger partial charge in [0.25, 0.3) is 0 Å². The summed E-state index contributed by atoms with van der Waals surface area (Å²) >= 11 is 1.82. The third-order valence-electron chi connectivity index (χ3n) is 4.28. The number of likely N-dealkylation sites (tertiary alicyclic amines) is 1. The lowest BCUT2D eigenvalue weighted by Crippen LogP contribution is -2.36. The minimum atomic E-state index is 0.746. The van der Waals surface area contributed by atoms with Crippen molar-refractivity contribution in [2.45, 2.75) is 36.9 Å². The van der Waals surface area contributed by atoms with Crippen molar-refractivity contribution >= 4 is 22.8 Å². The lowest BCUT2D eigenvalue weighted by Gasteiger charge is -2.32. The summed E-state index contributed by atoms with van der Waals surface area (Å²) < 4.78 is 5.24. The van der Waals surface area contributed by atoms with Gasteiger partial charge in [0.05, 0.1) is 18.1 Å². The van der Waals surface area contributed by atoms with E-state index in [0.717, 1.165) is 33.7 Å². The average molecular weight is 305 g/mol. The molecule has 114 valence electrons. The number of fused-ring (bicyclic) bond motifs is 1. The number of rotatable bonds is 5. The Morgan fingerprint density at radius 2 is 2.33 bits per heavy atom. The lowest BCUT2D eigenvalue weighted by molar-refractivity contribution is 0.182. The Labute approximate surface area is 130 Å². The molecule has 0 saturated carbocycles. The topological polar surface area (TPSA) is 41.1 Å². The normalized spacial score (nSPS) is 20.0. The molecule has 0 spiro atoms. The average Bonchev–Trinajstić information content (AvgIpc) is 2.90. The Balaban J connectivity index is 1.57. The Bertz CT molecular complexity index is 598. The fraction of sp³-hybridized carbons (Fsp3) is 0.562.